The second-order valence-corrected chi connectivity index (χ2v) is 5.88. The first-order chi connectivity index (χ1) is 11.2. The number of aromatic nitrogens is 2. The Hall–Kier alpha value is -2.09. The Morgan fingerprint density at radius 1 is 1.22 bits per heavy atom. The van der Waals surface area contributed by atoms with Gasteiger partial charge in [0.15, 0.2) is 0 Å². The molecule has 0 radical (unpaired) electrons. The summed E-state index contributed by atoms with van der Waals surface area (Å²) >= 11 is 0. The molecule has 0 amide bonds. The highest BCUT2D eigenvalue weighted by molar-refractivity contribution is 5.90. The molecule has 0 aliphatic carbocycles. The first kappa shape index (κ1) is 15.8. The first-order valence-electron chi connectivity index (χ1n) is 8.25. The molecule has 1 aromatic heterocycles. The van der Waals surface area contributed by atoms with Crippen molar-refractivity contribution in [1.29, 1.82) is 0 Å². The van der Waals surface area contributed by atoms with Crippen LogP contribution in [0.5, 0.6) is 0 Å². The summed E-state index contributed by atoms with van der Waals surface area (Å²) < 4.78 is 7.25. The van der Waals surface area contributed by atoms with Gasteiger partial charge in [-0.15, -0.1) is 10.2 Å². The normalized spacial score (nSPS) is 18.6. The van der Waals surface area contributed by atoms with E-state index in [1.165, 1.54) is 0 Å². The SMILES string of the molecule is CCCCN1NC(N2CCOCC2)=NN=C1n1nc(C)cc1C. The number of nitrogens with zero attached hydrogens (tertiary/aromatic N) is 6. The van der Waals surface area contributed by atoms with Crippen molar-refractivity contribution in [2.75, 3.05) is 32.8 Å². The van der Waals surface area contributed by atoms with Crippen molar-refractivity contribution in [3.8, 4) is 0 Å². The standard InChI is InChI=1S/C15H25N7O/c1-4-5-6-21-15(22-13(3)11-12(2)18-22)17-16-14(19-21)20-7-9-23-10-8-20/h11H,4-10H2,1-3H3,(H,16,19). The molecule has 2 aliphatic rings. The van der Waals surface area contributed by atoms with Gasteiger partial charge >= 0.3 is 0 Å². The summed E-state index contributed by atoms with van der Waals surface area (Å²) in [6, 6.07) is 2.04. The Balaban J connectivity index is 1.86. The highest BCUT2D eigenvalue weighted by Gasteiger charge is 2.25. The summed E-state index contributed by atoms with van der Waals surface area (Å²) in [5, 5.41) is 15.4. The predicted molar refractivity (Wildman–Crippen MR) is 89.1 cm³/mol. The molecule has 3 heterocycles. The summed E-state index contributed by atoms with van der Waals surface area (Å²) in [6.07, 6.45) is 2.19. The van der Waals surface area contributed by atoms with E-state index in [-0.39, 0.29) is 0 Å². The summed E-state index contributed by atoms with van der Waals surface area (Å²) in [5.41, 5.74) is 5.43. The van der Waals surface area contributed by atoms with E-state index in [0.717, 1.165) is 69.0 Å². The van der Waals surface area contributed by atoms with Crippen LogP contribution >= 0.6 is 0 Å². The van der Waals surface area contributed by atoms with Gasteiger partial charge in [-0.1, -0.05) is 13.3 Å². The van der Waals surface area contributed by atoms with E-state index in [2.05, 4.69) is 32.6 Å². The lowest BCUT2D eigenvalue weighted by Gasteiger charge is -2.36. The summed E-state index contributed by atoms with van der Waals surface area (Å²) in [5.74, 6) is 1.51. The minimum Gasteiger partial charge on any atom is -0.378 e. The molecule has 1 saturated heterocycles. The highest BCUT2D eigenvalue weighted by Crippen LogP contribution is 2.09. The Morgan fingerprint density at radius 3 is 2.65 bits per heavy atom. The molecule has 0 unspecified atom stereocenters. The van der Waals surface area contributed by atoms with Gasteiger partial charge in [0.25, 0.3) is 5.96 Å². The Bertz CT molecular complexity index is 601. The molecule has 0 aromatic carbocycles. The van der Waals surface area contributed by atoms with Crippen LogP contribution in [0.3, 0.4) is 0 Å². The number of hydrogen-bond donors (Lipinski definition) is 1. The van der Waals surface area contributed by atoms with E-state index in [1.807, 2.05) is 29.6 Å². The maximum atomic E-state index is 5.40. The van der Waals surface area contributed by atoms with Crippen LogP contribution in [0, 0.1) is 13.8 Å². The van der Waals surface area contributed by atoms with Gasteiger partial charge in [0.2, 0.25) is 5.96 Å². The minimum absolute atomic E-state index is 0.723. The highest BCUT2D eigenvalue weighted by atomic mass is 16.5. The molecule has 8 heteroatoms. The number of nitrogens with one attached hydrogen (secondary N) is 1. The van der Waals surface area contributed by atoms with Crippen molar-refractivity contribution in [2.45, 2.75) is 33.6 Å². The van der Waals surface area contributed by atoms with Gasteiger partial charge in [0, 0.05) is 25.3 Å². The van der Waals surface area contributed by atoms with Gasteiger partial charge in [-0.3, -0.25) is 10.4 Å². The van der Waals surface area contributed by atoms with Crippen LogP contribution < -0.4 is 5.43 Å². The van der Waals surface area contributed by atoms with Crippen LogP contribution in [0.25, 0.3) is 0 Å². The van der Waals surface area contributed by atoms with Crippen molar-refractivity contribution in [1.82, 2.24) is 25.1 Å². The first-order valence-corrected chi connectivity index (χ1v) is 8.25. The molecule has 1 fully saturated rings. The summed E-state index contributed by atoms with van der Waals surface area (Å²) in [7, 11) is 0. The molecule has 0 bridgehead atoms. The van der Waals surface area contributed by atoms with Crippen molar-refractivity contribution < 1.29 is 4.74 Å². The largest absolute Gasteiger partial charge is 0.378 e. The van der Waals surface area contributed by atoms with E-state index in [0.29, 0.717) is 0 Å². The zero-order valence-corrected chi connectivity index (χ0v) is 14.1. The third kappa shape index (κ3) is 3.47. The predicted octanol–water partition coefficient (Wildman–Crippen LogP) is 0.928. The number of rotatable bonds is 3. The van der Waals surface area contributed by atoms with Gasteiger partial charge in [-0.2, -0.15) is 5.10 Å². The minimum atomic E-state index is 0.723. The zero-order chi connectivity index (χ0) is 16.2. The third-order valence-corrected chi connectivity index (χ3v) is 3.96. The molecular weight excluding hydrogens is 294 g/mol. The average molecular weight is 319 g/mol. The lowest BCUT2D eigenvalue weighted by Crippen LogP contribution is -2.58. The molecule has 0 atom stereocenters. The fourth-order valence-electron chi connectivity index (χ4n) is 2.71. The van der Waals surface area contributed by atoms with Crippen molar-refractivity contribution >= 4 is 11.9 Å². The third-order valence-electron chi connectivity index (χ3n) is 3.96. The van der Waals surface area contributed by atoms with Crippen LogP contribution in [-0.4, -0.2) is 64.5 Å². The van der Waals surface area contributed by atoms with Gasteiger partial charge in [0.05, 0.1) is 18.9 Å². The average Bonchev–Trinajstić information content (AvgIpc) is 2.91. The summed E-state index contributed by atoms with van der Waals surface area (Å²) in [6.45, 7) is 10.2. The number of hydrazine groups is 1. The van der Waals surface area contributed by atoms with Gasteiger partial charge < -0.3 is 9.64 Å². The molecule has 8 nitrogen and oxygen atoms in total. The second-order valence-electron chi connectivity index (χ2n) is 5.88. The number of guanidine groups is 1. The molecular formula is C15H25N7O. The zero-order valence-electron chi connectivity index (χ0n) is 14.1. The molecule has 3 rings (SSSR count). The number of hydrogen-bond acceptors (Lipinski definition) is 7. The molecule has 1 aromatic rings. The Kier molecular flexibility index (Phi) is 4.80. The van der Waals surface area contributed by atoms with Crippen LogP contribution in [0.15, 0.2) is 16.3 Å². The quantitative estimate of drug-likeness (QED) is 0.897. The van der Waals surface area contributed by atoms with E-state index < -0.39 is 0 Å². The van der Waals surface area contributed by atoms with Crippen LogP contribution in [0.4, 0.5) is 0 Å². The maximum Gasteiger partial charge on any atom is 0.265 e. The molecule has 0 spiro atoms. The van der Waals surface area contributed by atoms with Crippen molar-refractivity contribution in [3.05, 3.63) is 17.5 Å². The lowest BCUT2D eigenvalue weighted by molar-refractivity contribution is 0.0643. The Labute approximate surface area is 136 Å². The number of unbranched alkanes of at least 4 members (excludes halogenated alkanes) is 1. The monoisotopic (exact) mass is 319 g/mol. The molecule has 0 saturated carbocycles. The number of aryl methyl sites for hydroxylation is 2. The van der Waals surface area contributed by atoms with Gasteiger partial charge in [0.1, 0.15) is 0 Å². The fourth-order valence-corrected chi connectivity index (χ4v) is 2.71. The van der Waals surface area contributed by atoms with Gasteiger partial charge in [-0.25, -0.2) is 4.68 Å². The second kappa shape index (κ2) is 6.99. The van der Waals surface area contributed by atoms with E-state index >= 15 is 0 Å². The van der Waals surface area contributed by atoms with E-state index in [9.17, 15) is 0 Å². The van der Waals surface area contributed by atoms with E-state index in [1.54, 1.807) is 0 Å². The van der Waals surface area contributed by atoms with Crippen molar-refractivity contribution in [2.24, 2.45) is 10.2 Å². The maximum absolute atomic E-state index is 5.40. The van der Waals surface area contributed by atoms with Crippen molar-refractivity contribution in [3.63, 3.8) is 0 Å². The van der Waals surface area contributed by atoms with Crippen LogP contribution in [0.1, 0.15) is 31.2 Å². The number of morpholine rings is 1. The molecule has 2 aliphatic heterocycles. The van der Waals surface area contributed by atoms with Gasteiger partial charge in [-0.05, 0) is 26.3 Å². The molecule has 1 N–H and O–H groups in total. The van der Waals surface area contributed by atoms with E-state index in [4.69, 9.17) is 4.74 Å². The molecule has 126 valence electrons. The van der Waals surface area contributed by atoms with Crippen LogP contribution in [0.2, 0.25) is 0 Å². The lowest BCUT2D eigenvalue weighted by atomic mass is 10.3. The topological polar surface area (TPSA) is 70.3 Å². The Morgan fingerprint density at radius 2 is 2.00 bits per heavy atom. The summed E-state index contributed by atoms with van der Waals surface area (Å²) in [4.78, 5) is 2.17. The fraction of sp³-hybridized carbons (Fsp3) is 0.667. The number of ether oxygens (including phenoxy) is 1. The van der Waals surface area contributed by atoms with Crippen LogP contribution in [-0.2, 0) is 4.74 Å². The molecule has 23 heavy (non-hydrogen) atoms. The smallest absolute Gasteiger partial charge is 0.265 e.